The standard InChI is InChI=1S/C23H19F4N3O2/c1-22(2,3)32-21(31)28-14-7-9-18-17(12-14)29-20(19-5-4-10-30(18)19)15-8-6-13(11-16(15)24)23(25,26)27/h4-12H,1-3H3,(H,28,31). The van der Waals surface area contributed by atoms with Crippen molar-refractivity contribution in [1.29, 1.82) is 0 Å². The molecule has 0 aliphatic carbocycles. The van der Waals surface area contributed by atoms with Gasteiger partial charge in [-0.05, 0) is 69.3 Å². The summed E-state index contributed by atoms with van der Waals surface area (Å²) in [4.78, 5) is 16.6. The molecule has 166 valence electrons. The summed E-state index contributed by atoms with van der Waals surface area (Å²) in [6.45, 7) is 5.21. The van der Waals surface area contributed by atoms with Crippen molar-refractivity contribution >= 4 is 28.3 Å². The SMILES string of the molecule is CC(C)(C)OC(=O)Nc1ccc2c(c1)nc(-c1ccc(C(F)(F)F)cc1F)c1cccn12. The van der Waals surface area contributed by atoms with Crippen molar-refractivity contribution in [3.8, 4) is 11.3 Å². The van der Waals surface area contributed by atoms with Gasteiger partial charge in [-0.25, -0.2) is 14.2 Å². The van der Waals surface area contributed by atoms with Gasteiger partial charge in [0.2, 0.25) is 0 Å². The van der Waals surface area contributed by atoms with Gasteiger partial charge < -0.3 is 9.14 Å². The van der Waals surface area contributed by atoms with Crippen LogP contribution in [0.1, 0.15) is 26.3 Å². The predicted molar refractivity (Wildman–Crippen MR) is 113 cm³/mol. The van der Waals surface area contributed by atoms with Crippen LogP contribution in [0.5, 0.6) is 0 Å². The molecule has 0 saturated carbocycles. The lowest BCUT2D eigenvalue weighted by Crippen LogP contribution is -2.27. The molecular weight excluding hydrogens is 426 g/mol. The number of aromatic nitrogens is 2. The zero-order chi connectivity index (χ0) is 23.3. The Morgan fingerprint density at radius 1 is 1.03 bits per heavy atom. The quantitative estimate of drug-likeness (QED) is 0.351. The maximum absolute atomic E-state index is 14.7. The maximum atomic E-state index is 14.7. The highest BCUT2D eigenvalue weighted by Crippen LogP contribution is 2.34. The molecule has 0 bridgehead atoms. The lowest BCUT2D eigenvalue weighted by molar-refractivity contribution is -0.137. The number of halogens is 4. The van der Waals surface area contributed by atoms with Crippen molar-refractivity contribution in [3.05, 3.63) is 66.1 Å². The van der Waals surface area contributed by atoms with Crippen molar-refractivity contribution in [1.82, 2.24) is 9.38 Å². The minimum atomic E-state index is -4.65. The summed E-state index contributed by atoms with van der Waals surface area (Å²) in [6, 6.07) is 10.8. The fourth-order valence-electron chi connectivity index (χ4n) is 3.36. The number of benzene rings is 2. The lowest BCUT2D eigenvalue weighted by atomic mass is 10.1. The molecule has 0 aliphatic rings. The monoisotopic (exact) mass is 445 g/mol. The molecule has 9 heteroatoms. The molecule has 4 aromatic rings. The molecule has 2 aromatic carbocycles. The minimum Gasteiger partial charge on any atom is -0.444 e. The van der Waals surface area contributed by atoms with Gasteiger partial charge in [-0.1, -0.05) is 0 Å². The van der Waals surface area contributed by atoms with E-state index in [1.165, 1.54) is 0 Å². The number of fused-ring (bicyclic) bond motifs is 3. The fourth-order valence-corrected chi connectivity index (χ4v) is 3.36. The van der Waals surface area contributed by atoms with Crippen LogP contribution in [0.15, 0.2) is 54.7 Å². The van der Waals surface area contributed by atoms with Gasteiger partial charge in [-0.2, -0.15) is 13.2 Å². The first-order valence-electron chi connectivity index (χ1n) is 9.70. The lowest BCUT2D eigenvalue weighted by Gasteiger charge is -2.19. The summed E-state index contributed by atoms with van der Waals surface area (Å²) in [6.07, 6.45) is -3.55. The van der Waals surface area contributed by atoms with E-state index in [1.807, 2.05) is 0 Å². The topological polar surface area (TPSA) is 55.6 Å². The van der Waals surface area contributed by atoms with E-state index >= 15 is 0 Å². The van der Waals surface area contributed by atoms with Gasteiger partial charge in [0.05, 0.1) is 27.8 Å². The Morgan fingerprint density at radius 2 is 1.78 bits per heavy atom. The van der Waals surface area contributed by atoms with Crippen LogP contribution in [0.4, 0.5) is 28.0 Å². The first kappa shape index (κ1) is 21.6. The molecule has 4 rings (SSSR count). The second-order valence-corrected chi connectivity index (χ2v) is 8.25. The van der Waals surface area contributed by atoms with Gasteiger partial charge in [0.15, 0.2) is 0 Å². The van der Waals surface area contributed by atoms with Crippen molar-refractivity contribution in [2.45, 2.75) is 32.5 Å². The van der Waals surface area contributed by atoms with E-state index < -0.39 is 29.3 Å². The number of hydrogen-bond donors (Lipinski definition) is 1. The van der Waals surface area contributed by atoms with E-state index in [2.05, 4.69) is 10.3 Å². The smallest absolute Gasteiger partial charge is 0.416 e. The van der Waals surface area contributed by atoms with Gasteiger partial charge in [-0.3, -0.25) is 5.32 Å². The normalized spacial score (nSPS) is 12.3. The van der Waals surface area contributed by atoms with Crippen LogP contribution in [0, 0.1) is 5.82 Å². The van der Waals surface area contributed by atoms with Crippen molar-refractivity contribution in [2.24, 2.45) is 0 Å². The number of anilines is 1. The summed E-state index contributed by atoms with van der Waals surface area (Å²) in [5.74, 6) is -1.03. The van der Waals surface area contributed by atoms with Gasteiger partial charge in [0.25, 0.3) is 0 Å². The number of nitrogens with one attached hydrogen (secondary N) is 1. The second kappa shape index (κ2) is 7.51. The Hall–Kier alpha value is -3.62. The van der Waals surface area contributed by atoms with Crippen molar-refractivity contribution in [3.63, 3.8) is 0 Å². The average molecular weight is 445 g/mol. The molecule has 1 N–H and O–H groups in total. The summed E-state index contributed by atoms with van der Waals surface area (Å²) >= 11 is 0. The van der Waals surface area contributed by atoms with Crippen LogP contribution in [0.3, 0.4) is 0 Å². The van der Waals surface area contributed by atoms with Crippen molar-refractivity contribution in [2.75, 3.05) is 5.32 Å². The third-order valence-corrected chi connectivity index (χ3v) is 4.66. The van der Waals surface area contributed by atoms with Crippen molar-refractivity contribution < 1.29 is 27.1 Å². The van der Waals surface area contributed by atoms with Gasteiger partial charge in [0.1, 0.15) is 11.4 Å². The van der Waals surface area contributed by atoms with E-state index in [9.17, 15) is 22.4 Å². The summed E-state index contributed by atoms with van der Waals surface area (Å²) in [5, 5.41) is 2.62. The molecular formula is C23H19F4N3O2. The third-order valence-electron chi connectivity index (χ3n) is 4.66. The number of carbonyl (C=O) groups excluding carboxylic acids is 1. The molecule has 32 heavy (non-hydrogen) atoms. The molecule has 0 saturated heterocycles. The predicted octanol–water partition coefficient (Wildman–Crippen LogP) is 6.66. The Bertz CT molecular complexity index is 1340. The van der Waals surface area contributed by atoms with E-state index in [0.29, 0.717) is 28.3 Å². The number of carbonyl (C=O) groups is 1. The molecule has 2 heterocycles. The van der Waals surface area contributed by atoms with E-state index in [1.54, 1.807) is 61.7 Å². The molecule has 0 unspecified atom stereocenters. The molecule has 5 nitrogen and oxygen atoms in total. The number of ether oxygens (including phenoxy) is 1. The summed E-state index contributed by atoms with van der Waals surface area (Å²) < 4.78 is 60.5. The molecule has 0 spiro atoms. The number of amides is 1. The molecule has 0 radical (unpaired) electrons. The Labute approximate surface area is 180 Å². The van der Waals surface area contributed by atoms with Gasteiger partial charge >= 0.3 is 12.3 Å². The first-order valence-corrected chi connectivity index (χ1v) is 9.70. The zero-order valence-corrected chi connectivity index (χ0v) is 17.4. The maximum Gasteiger partial charge on any atom is 0.416 e. The molecule has 0 fully saturated rings. The second-order valence-electron chi connectivity index (χ2n) is 8.25. The van der Waals surface area contributed by atoms with Crippen LogP contribution < -0.4 is 5.32 Å². The third kappa shape index (κ3) is 4.23. The van der Waals surface area contributed by atoms with Crippen LogP contribution in [0.25, 0.3) is 27.8 Å². The Morgan fingerprint density at radius 3 is 2.44 bits per heavy atom. The largest absolute Gasteiger partial charge is 0.444 e. The highest BCUT2D eigenvalue weighted by Gasteiger charge is 2.31. The number of hydrogen-bond acceptors (Lipinski definition) is 3. The first-order chi connectivity index (χ1) is 14.9. The van der Waals surface area contributed by atoms with Crippen LogP contribution in [-0.4, -0.2) is 21.1 Å². The Balaban J connectivity index is 1.81. The zero-order valence-electron chi connectivity index (χ0n) is 17.4. The molecule has 1 amide bonds. The summed E-state index contributed by atoms with van der Waals surface area (Å²) in [5.41, 5.74) is 0.400. The van der Waals surface area contributed by atoms with E-state index in [4.69, 9.17) is 4.74 Å². The van der Waals surface area contributed by atoms with Gasteiger partial charge in [0, 0.05) is 17.4 Å². The van der Waals surface area contributed by atoms with E-state index in [0.717, 1.165) is 12.1 Å². The van der Waals surface area contributed by atoms with Crippen LogP contribution >= 0.6 is 0 Å². The van der Waals surface area contributed by atoms with Crippen LogP contribution in [0.2, 0.25) is 0 Å². The number of rotatable bonds is 2. The molecule has 2 aromatic heterocycles. The molecule has 0 aliphatic heterocycles. The summed E-state index contributed by atoms with van der Waals surface area (Å²) in [7, 11) is 0. The molecule has 0 atom stereocenters. The van der Waals surface area contributed by atoms with Gasteiger partial charge in [-0.15, -0.1) is 0 Å². The average Bonchev–Trinajstić information content (AvgIpc) is 3.15. The minimum absolute atomic E-state index is 0.0610. The Kier molecular flexibility index (Phi) is 5.07. The fraction of sp³-hybridized carbons (Fsp3) is 0.217. The highest BCUT2D eigenvalue weighted by molar-refractivity contribution is 5.92. The number of alkyl halides is 3. The van der Waals surface area contributed by atoms with Crippen LogP contribution in [-0.2, 0) is 10.9 Å². The van der Waals surface area contributed by atoms with E-state index in [-0.39, 0.29) is 11.3 Å². The highest BCUT2D eigenvalue weighted by atomic mass is 19.4. The number of nitrogens with zero attached hydrogens (tertiary/aromatic N) is 2.